The molecule has 1 aliphatic heterocycles. The van der Waals surface area contributed by atoms with Gasteiger partial charge in [0.1, 0.15) is 6.10 Å². The molecule has 150 valence electrons. The Kier molecular flexibility index (Phi) is 6.49. The van der Waals surface area contributed by atoms with Crippen molar-refractivity contribution < 1.29 is 17.9 Å². The lowest BCUT2D eigenvalue weighted by Crippen LogP contribution is -2.46. The van der Waals surface area contributed by atoms with Gasteiger partial charge in [0.15, 0.2) is 0 Å². The summed E-state index contributed by atoms with van der Waals surface area (Å²) in [4.78, 5) is 14.3. The highest BCUT2D eigenvalue weighted by atomic mass is 32.2. The number of carbonyl (C=O) groups is 1. The number of sulfonamides is 1. The number of ether oxygens (including phenoxy) is 1. The Morgan fingerprint density at radius 1 is 1.14 bits per heavy atom. The summed E-state index contributed by atoms with van der Waals surface area (Å²) in [7, 11) is -3.73. The number of nitrogens with one attached hydrogen (secondary N) is 1. The molecule has 2 aromatic carbocycles. The predicted molar refractivity (Wildman–Crippen MR) is 107 cm³/mol. The Hall–Kier alpha value is -2.22. The Labute approximate surface area is 166 Å². The largest absolute Gasteiger partial charge is 0.370 e. The van der Waals surface area contributed by atoms with Crippen LogP contribution in [0.25, 0.3) is 0 Å². The number of amides is 1. The quantitative estimate of drug-likeness (QED) is 0.806. The van der Waals surface area contributed by atoms with Gasteiger partial charge in [0.05, 0.1) is 24.6 Å². The third-order valence-corrected chi connectivity index (χ3v) is 6.28. The average Bonchev–Trinajstić information content (AvgIpc) is 2.73. The van der Waals surface area contributed by atoms with Crippen LogP contribution in [0.1, 0.15) is 37.0 Å². The van der Waals surface area contributed by atoms with Gasteiger partial charge in [-0.2, -0.15) is 0 Å². The van der Waals surface area contributed by atoms with Gasteiger partial charge in [-0.3, -0.25) is 4.79 Å². The van der Waals surface area contributed by atoms with Crippen LogP contribution in [-0.2, 0) is 19.6 Å². The molecule has 1 saturated heterocycles. The van der Waals surface area contributed by atoms with E-state index in [1.165, 1.54) is 0 Å². The van der Waals surface area contributed by atoms with Gasteiger partial charge >= 0.3 is 0 Å². The molecule has 28 heavy (non-hydrogen) atoms. The Morgan fingerprint density at radius 2 is 1.82 bits per heavy atom. The third-order valence-electron chi connectivity index (χ3n) is 4.86. The maximum atomic E-state index is 12.5. The van der Waals surface area contributed by atoms with E-state index >= 15 is 0 Å². The summed E-state index contributed by atoms with van der Waals surface area (Å²) < 4.78 is 33.1. The number of benzene rings is 2. The van der Waals surface area contributed by atoms with Crippen molar-refractivity contribution in [1.82, 2.24) is 9.62 Å². The summed E-state index contributed by atoms with van der Waals surface area (Å²) >= 11 is 0. The second kappa shape index (κ2) is 8.86. The minimum absolute atomic E-state index is 0.161. The number of nitrogens with zero attached hydrogens (tertiary/aromatic N) is 1. The van der Waals surface area contributed by atoms with Gasteiger partial charge in [-0.1, -0.05) is 56.3 Å². The zero-order chi connectivity index (χ0) is 20.1. The molecular weight excluding hydrogens is 376 g/mol. The second-order valence-corrected chi connectivity index (χ2v) is 8.93. The van der Waals surface area contributed by atoms with Crippen LogP contribution in [-0.4, -0.2) is 45.5 Å². The molecule has 1 fully saturated rings. The van der Waals surface area contributed by atoms with Crippen molar-refractivity contribution >= 4 is 15.9 Å². The first-order valence-corrected chi connectivity index (χ1v) is 10.9. The van der Waals surface area contributed by atoms with E-state index in [4.69, 9.17) is 4.74 Å². The summed E-state index contributed by atoms with van der Waals surface area (Å²) in [6, 6.07) is 16.4. The minimum atomic E-state index is -3.73. The molecule has 1 N–H and O–H groups in total. The average molecular weight is 403 g/mol. The van der Waals surface area contributed by atoms with Gasteiger partial charge in [-0.25, -0.2) is 13.1 Å². The van der Waals surface area contributed by atoms with Crippen molar-refractivity contribution in [2.75, 3.05) is 26.2 Å². The molecule has 7 heteroatoms. The lowest BCUT2D eigenvalue weighted by Gasteiger charge is -2.33. The summed E-state index contributed by atoms with van der Waals surface area (Å²) in [5.74, 6) is 0.0665. The fourth-order valence-corrected chi connectivity index (χ4v) is 4.10. The van der Waals surface area contributed by atoms with Gasteiger partial charge in [-0.15, -0.1) is 0 Å². The molecular formula is C21H26N2O4S. The molecule has 3 rings (SSSR count). The summed E-state index contributed by atoms with van der Waals surface area (Å²) in [5.41, 5.74) is 2.07. The first-order chi connectivity index (χ1) is 13.4. The number of hydrogen-bond donors (Lipinski definition) is 1. The zero-order valence-electron chi connectivity index (χ0n) is 16.2. The molecule has 1 amide bonds. The van der Waals surface area contributed by atoms with Gasteiger partial charge < -0.3 is 9.64 Å². The molecule has 1 aliphatic rings. The number of hydrogen-bond acceptors (Lipinski definition) is 4. The SMILES string of the molecule is CC(C)c1ccc(S(=O)(=O)NCC(=O)N2CCOC(c3ccccc3)C2)cc1. The molecule has 0 aromatic heterocycles. The first kappa shape index (κ1) is 20.5. The van der Waals surface area contributed by atoms with Gasteiger partial charge in [0.25, 0.3) is 0 Å². The standard InChI is InChI=1S/C21H26N2O4S/c1-16(2)17-8-10-19(11-9-17)28(25,26)22-14-21(24)23-12-13-27-20(15-23)18-6-4-3-5-7-18/h3-11,16,20,22H,12-15H2,1-2H3. The van der Waals surface area contributed by atoms with Gasteiger partial charge in [0, 0.05) is 6.54 Å². The lowest BCUT2D eigenvalue weighted by molar-refractivity contribution is -0.137. The van der Waals surface area contributed by atoms with Crippen LogP contribution in [0.2, 0.25) is 0 Å². The molecule has 1 unspecified atom stereocenters. The van der Waals surface area contributed by atoms with E-state index in [0.717, 1.165) is 11.1 Å². The number of rotatable bonds is 6. The smallest absolute Gasteiger partial charge is 0.241 e. The van der Waals surface area contributed by atoms with Crippen molar-refractivity contribution in [2.45, 2.75) is 30.8 Å². The van der Waals surface area contributed by atoms with Crippen LogP contribution < -0.4 is 4.72 Å². The van der Waals surface area contributed by atoms with Crippen molar-refractivity contribution in [3.8, 4) is 0 Å². The molecule has 0 aliphatic carbocycles. The van der Waals surface area contributed by atoms with Crippen LogP contribution in [0.5, 0.6) is 0 Å². The highest BCUT2D eigenvalue weighted by Crippen LogP contribution is 2.22. The highest BCUT2D eigenvalue weighted by molar-refractivity contribution is 7.89. The van der Waals surface area contributed by atoms with Crippen molar-refractivity contribution in [3.63, 3.8) is 0 Å². The Balaban J connectivity index is 1.59. The summed E-state index contributed by atoms with van der Waals surface area (Å²) in [5, 5.41) is 0. The molecule has 6 nitrogen and oxygen atoms in total. The van der Waals surface area contributed by atoms with E-state index in [0.29, 0.717) is 25.6 Å². The van der Waals surface area contributed by atoms with Crippen molar-refractivity contribution in [2.24, 2.45) is 0 Å². The fraction of sp³-hybridized carbons (Fsp3) is 0.381. The second-order valence-electron chi connectivity index (χ2n) is 7.16. The number of morpholine rings is 1. The predicted octanol–water partition coefficient (Wildman–Crippen LogP) is 2.69. The molecule has 0 bridgehead atoms. The Morgan fingerprint density at radius 3 is 2.46 bits per heavy atom. The maximum Gasteiger partial charge on any atom is 0.241 e. The zero-order valence-corrected chi connectivity index (χ0v) is 17.0. The Bertz CT molecular complexity index is 896. The van der Waals surface area contributed by atoms with E-state index in [1.54, 1.807) is 29.2 Å². The van der Waals surface area contributed by atoms with E-state index in [9.17, 15) is 13.2 Å². The normalized spacial score (nSPS) is 17.7. The van der Waals surface area contributed by atoms with Crippen molar-refractivity contribution in [3.05, 3.63) is 65.7 Å². The first-order valence-electron chi connectivity index (χ1n) is 9.41. The monoisotopic (exact) mass is 402 g/mol. The molecule has 2 aromatic rings. The topological polar surface area (TPSA) is 75.7 Å². The minimum Gasteiger partial charge on any atom is -0.370 e. The van der Waals surface area contributed by atoms with Gasteiger partial charge in [0.2, 0.25) is 15.9 Å². The van der Waals surface area contributed by atoms with E-state index in [2.05, 4.69) is 4.72 Å². The fourth-order valence-electron chi connectivity index (χ4n) is 3.13. The van der Waals surface area contributed by atoms with Crippen LogP contribution in [0.4, 0.5) is 0 Å². The van der Waals surface area contributed by atoms with Crippen LogP contribution in [0.15, 0.2) is 59.5 Å². The van der Waals surface area contributed by atoms with Gasteiger partial charge in [-0.05, 0) is 29.2 Å². The summed E-state index contributed by atoms with van der Waals surface area (Å²) in [6.07, 6.45) is -0.195. The maximum absolute atomic E-state index is 12.5. The molecule has 1 atom stereocenters. The van der Waals surface area contributed by atoms with Crippen LogP contribution in [0, 0.1) is 0 Å². The highest BCUT2D eigenvalue weighted by Gasteiger charge is 2.26. The molecule has 0 radical (unpaired) electrons. The molecule has 1 heterocycles. The lowest BCUT2D eigenvalue weighted by atomic mass is 10.0. The summed E-state index contributed by atoms with van der Waals surface area (Å²) in [6.45, 7) is 5.11. The molecule has 0 saturated carbocycles. The molecule has 0 spiro atoms. The van der Waals surface area contributed by atoms with E-state index < -0.39 is 10.0 Å². The van der Waals surface area contributed by atoms with E-state index in [-0.39, 0.29) is 23.5 Å². The van der Waals surface area contributed by atoms with Crippen molar-refractivity contribution in [1.29, 1.82) is 0 Å². The van der Waals surface area contributed by atoms with Crippen LogP contribution in [0.3, 0.4) is 0 Å². The number of carbonyl (C=O) groups excluding carboxylic acids is 1. The van der Waals surface area contributed by atoms with Crippen LogP contribution >= 0.6 is 0 Å². The van der Waals surface area contributed by atoms with E-state index in [1.807, 2.05) is 44.2 Å². The third kappa shape index (κ3) is 4.98.